The molecule has 0 aromatic heterocycles. The van der Waals surface area contributed by atoms with Crippen molar-refractivity contribution in [2.75, 3.05) is 0 Å². The lowest BCUT2D eigenvalue weighted by Gasteiger charge is -2.14. The lowest BCUT2D eigenvalue weighted by Crippen LogP contribution is -1.91. The van der Waals surface area contributed by atoms with Crippen LogP contribution in [0.1, 0.15) is 11.1 Å². The lowest BCUT2D eigenvalue weighted by molar-refractivity contribution is 0.474. The van der Waals surface area contributed by atoms with Crippen molar-refractivity contribution >= 4 is 27.1 Å². The Bertz CT molecular complexity index is 1040. The molecule has 0 fully saturated rings. The van der Waals surface area contributed by atoms with Gasteiger partial charge in [0.25, 0.3) is 0 Å². The monoisotopic (exact) mass is 296 g/mol. The quantitative estimate of drug-likeness (QED) is 0.498. The van der Waals surface area contributed by atoms with Crippen LogP contribution in [-0.4, -0.2) is 5.11 Å². The summed E-state index contributed by atoms with van der Waals surface area (Å²) in [5, 5.41) is 14.9. The first-order valence-corrected chi connectivity index (χ1v) is 7.64. The number of phenols is 1. The molecule has 0 aliphatic heterocycles. The van der Waals surface area contributed by atoms with Crippen molar-refractivity contribution < 1.29 is 5.11 Å². The molecule has 0 spiro atoms. The fourth-order valence-corrected chi connectivity index (χ4v) is 3.20. The maximum absolute atomic E-state index is 10.5. The Hall–Kier alpha value is -3.06. The Morgan fingerprint density at radius 2 is 1.26 bits per heavy atom. The maximum Gasteiger partial charge on any atom is 0.124 e. The Balaban J connectivity index is 2.01. The standard InChI is InChI=1S/C22H16O/c1-15(18-12-6-9-16-7-2-4-10-19(16)18)22-20-11-5-3-8-17(20)13-14-21(22)23/h2-14,23H,1H2. The van der Waals surface area contributed by atoms with Crippen LogP contribution in [-0.2, 0) is 0 Å². The maximum atomic E-state index is 10.5. The molecule has 0 aliphatic carbocycles. The van der Waals surface area contributed by atoms with Crippen LogP contribution in [0.2, 0.25) is 0 Å². The van der Waals surface area contributed by atoms with Crippen molar-refractivity contribution in [3.8, 4) is 5.75 Å². The Kier molecular flexibility index (Phi) is 3.13. The van der Waals surface area contributed by atoms with Crippen LogP contribution in [0.25, 0.3) is 27.1 Å². The van der Waals surface area contributed by atoms with E-state index in [0.717, 1.165) is 32.9 Å². The summed E-state index contributed by atoms with van der Waals surface area (Å²) in [6, 6.07) is 26.2. The van der Waals surface area contributed by atoms with Crippen LogP contribution in [0, 0.1) is 0 Å². The van der Waals surface area contributed by atoms with E-state index in [4.69, 9.17) is 0 Å². The highest BCUT2D eigenvalue weighted by atomic mass is 16.3. The molecule has 0 atom stereocenters. The minimum Gasteiger partial charge on any atom is -0.507 e. The van der Waals surface area contributed by atoms with Gasteiger partial charge in [0, 0.05) is 5.56 Å². The minimum absolute atomic E-state index is 0.265. The van der Waals surface area contributed by atoms with E-state index >= 15 is 0 Å². The zero-order valence-corrected chi connectivity index (χ0v) is 12.7. The molecule has 4 rings (SSSR count). The fourth-order valence-electron chi connectivity index (χ4n) is 3.20. The van der Waals surface area contributed by atoms with Gasteiger partial charge in [-0.15, -0.1) is 0 Å². The van der Waals surface area contributed by atoms with Crippen LogP contribution >= 0.6 is 0 Å². The van der Waals surface area contributed by atoms with E-state index in [0.29, 0.717) is 0 Å². The topological polar surface area (TPSA) is 20.2 Å². The van der Waals surface area contributed by atoms with E-state index in [1.54, 1.807) is 6.07 Å². The zero-order chi connectivity index (χ0) is 15.8. The van der Waals surface area contributed by atoms with E-state index in [2.05, 4.69) is 36.9 Å². The van der Waals surface area contributed by atoms with Gasteiger partial charge in [-0.3, -0.25) is 0 Å². The molecule has 1 nitrogen and oxygen atoms in total. The number of hydrogen-bond donors (Lipinski definition) is 1. The van der Waals surface area contributed by atoms with E-state index in [9.17, 15) is 5.11 Å². The summed E-state index contributed by atoms with van der Waals surface area (Å²) in [4.78, 5) is 0. The second kappa shape index (κ2) is 5.29. The second-order valence-electron chi connectivity index (χ2n) is 5.69. The number of hydrogen-bond acceptors (Lipinski definition) is 1. The molecule has 4 aromatic carbocycles. The number of benzene rings is 4. The van der Waals surface area contributed by atoms with Gasteiger partial charge in [-0.1, -0.05) is 79.4 Å². The third-order valence-electron chi connectivity index (χ3n) is 4.32. The molecule has 0 saturated heterocycles. The molecule has 0 saturated carbocycles. The molecule has 1 N–H and O–H groups in total. The van der Waals surface area contributed by atoms with E-state index in [1.807, 2.05) is 42.5 Å². The van der Waals surface area contributed by atoms with Gasteiger partial charge >= 0.3 is 0 Å². The predicted octanol–water partition coefficient (Wildman–Crippen LogP) is 5.76. The summed E-state index contributed by atoms with van der Waals surface area (Å²) in [6.45, 7) is 4.30. The summed E-state index contributed by atoms with van der Waals surface area (Å²) < 4.78 is 0. The molecule has 23 heavy (non-hydrogen) atoms. The molecule has 0 amide bonds. The largest absolute Gasteiger partial charge is 0.507 e. The van der Waals surface area contributed by atoms with Gasteiger partial charge in [0.2, 0.25) is 0 Å². The van der Waals surface area contributed by atoms with Crippen molar-refractivity contribution in [1.29, 1.82) is 0 Å². The number of rotatable bonds is 2. The first kappa shape index (κ1) is 13.6. The van der Waals surface area contributed by atoms with Gasteiger partial charge in [0.15, 0.2) is 0 Å². The summed E-state index contributed by atoms with van der Waals surface area (Å²) in [7, 11) is 0. The van der Waals surface area contributed by atoms with Crippen LogP contribution in [0.4, 0.5) is 0 Å². The Labute approximate surface area is 135 Å². The molecule has 4 aromatic rings. The SMILES string of the molecule is C=C(c1cccc2ccccc12)c1c(O)ccc2ccccc12. The second-order valence-corrected chi connectivity index (χ2v) is 5.69. The number of fused-ring (bicyclic) bond motifs is 2. The van der Waals surface area contributed by atoms with Crippen LogP contribution in [0.3, 0.4) is 0 Å². The van der Waals surface area contributed by atoms with Gasteiger partial charge in [0.05, 0.1) is 0 Å². The highest BCUT2D eigenvalue weighted by molar-refractivity contribution is 6.04. The van der Waals surface area contributed by atoms with Crippen LogP contribution in [0.5, 0.6) is 5.75 Å². The third kappa shape index (κ3) is 2.18. The van der Waals surface area contributed by atoms with Crippen molar-refractivity contribution in [3.63, 3.8) is 0 Å². The van der Waals surface area contributed by atoms with Crippen molar-refractivity contribution in [2.24, 2.45) is 0 Å². The molecule has 0 unspecified atom stereocenters. The van der Waals surface area contributed by atoms with Gasteiger partial charge in [0.1, 0.15) is 5.75 Å². The van der Waals surface area contributed by atoms with Gasteiger partial charge in [-0.05, 0) is 38.7 Å². The van der Waals surface area contributed by atoms with E-state index in [1.165, 1.54) is 5.39 Å². The van der Waals surface area contributed by atoms with Crippen LogP contribution < -0.4 is 0 Å². The highest BCUT2D eigenvalue weighted by Crippen LogP contribution is 2.37. The normalized spacial score (nSPS) is 11.0. The van der Waals surface area contributed by atoms with Gasteiger partial charge < -0.3 is 5.11 Å². The first-order valence-electron chi connectivity index (χ1n) is 7.64. The molecular formula is C22H16O. The van der Waals surface area contributed by atoms with Crippen molar-refractivity contribution in [1.82, 2.24) is 0 Å². The average molecular weight is 296 g/mol. The fraction of sp³-hybridized carbons (Fsp3) is 0. The summed E-state index contributed by atoms with van der Waals surface area (Å²) in [5.41, 5.74) is 2.70. The average Bonchev–Trinajstić information content (AvgIpc) is 2.60. The lowest BCUT2D eigenvalue weighted by atomic mass is 9.91. The number of aromatic hydroxyl groups is 1. The minimum atomic E-state index is 0.265. The van der Waals surface area contributed by atoms with Crippen LogP contribution in [0.15, 0.2) is 85.4 Å². The number of phenolic OH excluding ortho intramolecular Hbond substituents is 1. The summed E-state index contributed by atoms with van der Waals surface area (Å²) in [6.07, 6.45) is 0. The smallest absolute Gasteiger partial charge is 0.124 e. The predicted molar refractivity (Wildman–Crippen MR) is 97.7 cm³/mol. The summed E-state index contributed by atoms with van der Waals surface area (Å²) >= 11 is 0. The molecule has 0 bridgehead atoms. The first-order chi connectivity index (χ1) is 11.3. The summed E-state index contributed by atoms with van der Waals surface area (Å²) in [5.74, 6) is 0.265. The third-order valence-corrected chi connectivity index (χ3v) is 4.32. The van der Waals surface area contributed by atoms with Crippen molar-refractivity contribution in [3.05, 3.63) is 96.6 Å². The van der Waals surface area contributed by atoms with E-state index in [-0.39, 0.29) is 5.75 Å². The molecule has 110 valence electrons. The molecular weight excluding hydrogens is 280 g/mol. The Morgan fingerprint density at radius 1 is 0.652 bits per heavy atom. The van der Waals surface area contributed by atoms with Crippen molar-refractivity contribution in [2.45, 2.75) is 0 Å². The Morgan fingerprint density at radius 3 is 2.04 bits per heavy atom. The van der Waals surface area contributed by atoms with E-state index < -0.39 is 0 Å². The zero-order valence-electron chi connectivity index (χ0n) is 12.7. The molecule has 0 radical (unpaired) electrons. The van der Waals surface area contributed by atoms with Gasteiger partial charge in [-0.2, -0.15) is 0 Å². The molecule has 0 aliphatic rings. The highest BCUT2D eigenvalue weighted by Gasteiger charge is 2.13. The van der Waals surface area contributed by atoms with Gasteiger partial charge in [-0.25, -0.2) is 0 Å². The molecule has 1 heteroatoms. The molecule has 0 heterocycles.